The van der Waals surface area contributed by atoms with Crippen LogP contribution in [0.4, 0.5) is 29.6 Å². The lowest BCUT2D eigenvalue weighted by molar-refractivity contribution is -0.138. The van der Waals surface area contributed by atoms with Crippen molar-refractivity contribution in [3.63, 3.8) is 0 Å². The van der Waals surface area contributed by atoms with Crippen molar-refractivity contribution in [2.75, 3.05) is 5.32 Å². The predicted molar refractivity (Wildman–Crippen MR) is 143 cm³/mol. The Bertz CT molecular complexity index is 1420. The standard InChI is InChI=1S/C29H29F3N4O4/c1-18(34-27(39)40-28(2,3)4)19-9-13-22(14-10-19)35-26-33-17-23(29(30,31)32)24(36-26)15-11-20-7-5-6-8-21(20)12-16-25(37)38/h5-10,13-14,17-18H,12,16H2,1-4H3,(H,34,39)(H,37,38)(H,33,35,36). The van der Waals surface area contributed by atoms with Gasteiger partial charge < -0.3 is 20.5 Å². The first-order valence-electron chi connectivity index (χ1n) is 12.3. The number of aromatic nitrogens is 2. The highest BCUT2D eigenvalue weighted by molar-refractivity contribution is 5.68. The molecule has 0 aliphatic rings. The summed E-state index contributed by atoms with van der Waals surface area (Å²) in [6.07, 6.45) is -4.58. The Morgan fingerprint density at radius 2 is 1.73 bits per heavy atom. The van der Waals surface area contributed by atoms with Crippen LogP contribution in [0.25, 0.3) is 0 Å². The lowest BCUT2D eigenvalue weighted by Crippen LogP contribution is -2.34. The van der Waals surface area contributed by atoms with Crippen LogP contribution in [0.5, 0.6) is 0 Å². The molecule has 1 aromatic heterocycles. The third-order valence-electron chi connectivity index (χ3n) is 5.44. The second kappa shape index (κ2) is 12.5. The van der Waals surface area contributed by atoms with Gasteiger partial charge in [0.15, 0.2) is 0 Å². The fourth-order valence-electron chi connectivity index (χ4n) is 3.53. The van der Waals surface area contributed by atoms with Gasteiger partial charge in [-0.15, -0.1) is 0 Å². The van der Waals surface area contributed by atoms with Gasteiger partial charge in [-0.1, -0.05) is 36.3 Å². The first-order valence-corrected chi connectivity index (χ1v) is 12.3. The van der Waals surface area contributed by atoms with Gasteiger partial charge in [0.1, 0.15) is 16.9 Å². The molecule has 1 heterocycles. The average molecular weight is 555 g/mol. The third-order valence-corrected chi connectivity index (χ3v) is 5.44. The van der Waals surface area contributed by atoms with Gasteiger partial charge in [-0.2, -0.15) is 13.2 Å². The number of carboxylic acids is 1. The molecular formula is C29H29F3N4O4. The molecular weight excluding hydrogens is 525 g/mol. The van der Waals surface area contributed by atoms with Crippen molar-refractivity contribution >= 4 is 23.7 Å². The van der Waals surface area contributed by atoms with E-state index in [1.165, 1.54) is 0 Å². The molecule has 1 atom stereocenters. The fourth-order valence-corrected chi connectivity index (χ4v) is 3.53. The van der Waals surface area contributed by atoms with E-state index in [2.05, 4.69) is 32.4 Å². The summed E-state index contributed by atoms with van der Waals surface area (Å²) in [5, 5.41) is 14.6. The zero-order chi connectivity index (χ0) is 29.5. The van der Waals surface area contributed by atoms with Crippen LogP contribution in [0.2, 0.25) is 0 Å². The number of hydrogen-bond acceptors (Lipinski definition) is 6. The number of ether oxygens (including phenoxy) is 1. The van der Waals surface area contributed by atoms with Crippen molar-refractivity contribution in [3.05, 3.63) is 82.7 Å². The molecule has 3 rings (SSSR count). The number of alkyl carbamates (subject to hydrolysis) is 1. The van der Waals surface area contributed by atoms with Crippen LogP contribution in [-0.2, 0) is 22.1 Å². The first kappa shape index (κ1) is 30.0. The Hall–Kier alpha value is -4.59. The number of rotatable bonds is 7. The molecule has 1 unspecified atom stereocenters. The number of alkyl halides is 3. The van der Waals surface area contributed by atoms with Gasteiger partial charge in [-0.25, -0.2) is 14.8 Å². The number of aryl methyl sites for hydroxylation is 1. The van der Waals surface area contributed by atoms with Crippen molar-refractivity contribution in [1.29, 1.82) is 0 Å². The van der Waals surface area contributed by atoms with Crippen molar-refractivity contribution < 1.29 is 32.6 Å². The Labute approximate surface area is 230 Å². The lowest BCUT2D eigenvalue weighted by atomic mass is 10.0. The van der Waals surface area contributed by atoms with E-state index in [0.29, 0.717) is 23.0 Å². The molecule has 3 aromatic rings. The molecule has 0 spiro atoms. The van der Waals surface area contributed by atoms with Gasteiger partial charge >= 0.3 is 18.2 Å². The normalized spacial score (nSPS) is 12.1. The van der Waals surface area contributed by atoms with Gasteiger partial charge in [0.2, 0.25) is 5.95 Å². The zero-order valence-electron chi connectivity index (χ0n) is 22.4. The summed E-state index contributed by atoms with van der Waals surface area (Å²) in [4.78, 5) is 30.8. The van der Waals surface area contributed by atoms with Gasteiger partial charge in [0, 0.05) is 23.9 Å². The number of carbonyl (C=O) groups is 2. The summed E-state index contributed by atoms with van der Waals surface area (Å²) >= 11 is 0. The fraction of sp³-hybridized carbons (Fsp3) is 0.310. The number of hydrogen-bond donors (Lipinski definition) is 3. The Morgan fingerprint density at radius 3 is 2.35 bits per heavy atom. The van der Waals surface area contributed by atoms with E-state index >= 15 is 0 Å². The smallest absolute Gasteiger partial charge is 0.420 e. The van der Waals surface area contributed by atoms with Gasteiger partial charge in [0.25, 0.3) is 0 Å². The van der Waals surface area contributed by atoms with Crippen molar-refractivity contribution in [3.8, 4) is 11.8 Å². The summed E-state index contributed by atoms with van der Waals surface area (Å²) < 4.78 is 46.2. The van der Waals surface area contributed by atoms with Crippen molar-refractivity contribution in [2.45, 2.75) is 58.4 Å². The number of amides is 1. The zero-order valence-corrected chi connectivity index (χ0v) is 22.4. The van der Waals surface area contributed by atoms with Crippen LogP contribution in [0.1, 0.15) is 68.1 Å². The average Bonchev–Trinajstić information content (AvgIpc) is 2.85. The summed E-state index contributed by atoms with van der Waals surface area (Å²) in [5.74, 6) is 4.10. The summed E-state index contributed by atoms with van der Waals surface area (Å²) in [6.45, 7) is 7.08. The van der Waals surface area contributed by atoms with Crippen molar-refractivity contribution in [1.82, 2.24) is 15.3 Å². The predicted octanol–water partition coefficient (Wildman–Crippen LogP) is 6.24. The minimum Gasteiger partial charge on any atom is -0.481 e. The summed E-state index contributed by atoms with van der Waals surface area (Å²) in [6, 6.07) is 13.1. The number of anilines is 2. The van der Waals surface area contributed by atoms with Crippen LogP contribution >= 0.6 is 0 Å². The SMILES string of the molecule is CC(NC(=O)OC(C)(C)C)c1ccc(Nc2ncc(C(F)(F)F)c(C#Cc3ccccc3CCC(=O)O)n2)cc1. The highest BCUT2D eigenvalue weighted by atomic mass is 19.4. The molecule has 0 saturated carbocycles. The molecule has 40 heavy (non-hydrogen) atoms. The topological polar surface area (TPSA) is 113 Å². The molecule has 0 fully saturated rings. The Kier molecular flexibility index (Phi) is 9.37. The van der Waals surface area contributed by atoms with Crippen LogP contribution in [-0.4, -0.2) is 32.7 Å². The van der Waals surface area contributed by atoms with Gasteiger partial charge in [0.05, 0.1) is 6.04 Å². The largest absolute Gasteiger partial charge is 0.481 e. The third kappa shape index (κ3) is 9.01. The Morgan fingerprint density at radius 1 is 1.05 bits per heavy atom. The number of benzene rings is 2. The molecule has 0 bridgehead atoms. The number of carbonyl (C=O) groups excluding carboxylic acids is 1. The molecule has 8 nitrogen and oxygen atoms in total. The van der Waals surface area contributed by atoms with E-state index < -0.39 is 35.1 Å². The minimum atomic E-state index is -4.73. The molecule has 1 amide bonds. The van der Waals surface area contributed by atoms with Crippen LogP contribution < -0.4 is 10.6 Å². The molecule has 0 radical (unpaired) electrons. The van der Waals surface area contributed by atoms with E-state index in [9.17, 15) is 22.8 Å². The van der Waals surface area contributed by atoms with E-state index in [1.807, 2.05) is 0 Å². The molecule has 210 valence electrons. The number of halogens is 3. The number of nitrogens with one attached hydrogen (secondary N) is 2. The summed E-state index contributed by atoms with van der Waals surface area (Å²) in [7, 11) is 0. The number of carboxylic acid groups (broad SMARTS) is 1. The van der Waals surface area contributed by atoms with E-state index in [-0.39, 0.29) is 24.8 Å². The Balaban J connectivity index is 1.81. The molecule has 11 heteroatoms. The highest BCUT2D eigenvalue weighted by Gasteiger charge is 2.34. The van der Waals surface area contributed by atoms with Crippen molar-refractivity contribution in [2.24, 2.45) is 0 Å². The minimum absolute atomic E-state index is 0.0934. The van der Waals surface area contributed by atoms with Crippen LogP contribution in [0, 0.1) is 11.8 Å². The van der Waals surface area contributed by atoms with Crippen LogP contribution in [0.3, 0.4) is 0 Å². The highest BCUT2D eigenvalue weighted by Crippen LogP contribution is 2.31. The van der Waals surface area contributed by atoms with E-state index in [0.717, 1.165) is 5.56 Å². The van der Waals surface area contributed by atoms with E-state index in [4.69, 9.17) is 9.84 Å². The number of aliphatic carboxylic acids is 1. The van der Waals surface area contributed by atoms with Gasteiger partial charge in [-0.3, -0.25) is 4.79 Å². The maximum atomic E-state index is 13.7. The van der Waals surface area contributed by atoms with E-state index in [1.54, 1.807) is 76.2 Å². The number of nitrogens with zero attached hydrogens (tertiary/aromatic N) is 2. The second-order valence-corrected chi connectivity index (χ2v) is 9.87. The maximum absolute atomic E-state index is 13.7. The molecule has 2 aromatic carbocycles. The molecule has 0 aliphatic heterocycles. The molecule has 3 N–H and O–H groups in total. The maximum Gasteiger partial charge on any atom is 0.420 e. The second-order valence-electron chi connectivity index (χ2n) is 9.87. The summed E-state index contributed by atoms with van der Waals surface area (Å²) in [5.41, 5.74) is 0.0507. The quantitative estimate of drug-likeness (QED) is 0.296. The lowest BCUT2D eigenvalue weighted by Gasteiger charge is -2.22. The monoisotopic (exact) mass is 554 g/mol. The molecule has 0 aliphatic carbocycles. The first-order chi connectivity index (χ1) is 18.7. The van der Waals surface area contributed by atoms with Crippen LogP contribution in [0.15, 0.2) is 54.7 Å². The molecule has 0 saturated heterocycles. The van der Waals surface area contributed by atoms with Gasteiger partial charge in [-0.05, 0) is 69.4 Å².